The van der Waals surface area contributed by atoms with Gasteiger partial charge in [0.25, 0.3) is 11.7 Å². The third-order valence-electron chi connectivity index (χ3n) is 6.34. The van der Waals surface area contributed by atoms with Crippen LogP contribution in [-0.4, -0.2) is 36.0 Å². The molecule has 1 unspecified atom stereocenters. The smallest absolute Gasteiger partial charge is 0.310 e. The Hall–Kier alpha value is -4.39. The molecule has 0 aromatic heterocycles. The molecule has 1 atom stereocenters. The molecule has 7 nitrogen and oxygen atoms in total. The Morgan fingerprint density at radius 1 is 0.974 bits per heavy atom. The molecule has 7 heteroatoms. The van der Waals surface area contributed by atoms with Crippen molar-refractivity contribution in [1.82, 2.24) is 0 Å². The van der Waals surface area contributed by atoms with E-state index in [1.165, 1.54) is 4.90 Å². The zero-order valence-electron chi connectivity index (χ0n) is 21.8. The second-order valence-electron chi connectivity index (χ2n) is 9.06. The van der Waals surface area contributed by atoms with E-state index in [4.69, 9.17) is 9.47 Å². The lowest BCUT2D eigenvalue weighted by Crippen LogP contribution is -2.29. The molecular weight excluding hydrogens is 482 g/mol. The van der Waals surface area contributed by atoms with Gasteiger partial charge in [0, 0.05) is 11.3 Å². The summed E-state index contributed by atoms with van der Waals surface area (Å²) in [6.45, 7) is 6.51. The highest BCUT2D eigenvalue weighted by Crippen LogP contribution is 2.42. The fraction of sp³-hybridized carbons (Fsp3) is 0.258. The molecular formula is C31H31NO6. The van der Waals surface area contributed by atoms with E-state index in [0.29, 0.717) is 35.8 Å². The van der Waals surface area contributed by atoms with Gasteiger partial charge in [-0.15, -0.1) is 0 Å². The summed E-state index contributed by atoms with van der Waals surface area (Å²) in [6, 6.07) is 20.3. The quantitative estimate of drug-likeness (QED) is 0.175. The lowest BCUT2D eigenvalue weighted by atomic mass is 9.94. The molecule has 1 heterocycles. The van der Waals surface area contributed by atoms with Crippen LogP contribution in [0.25, 0.3) is 5.76 Å². The second kappa shape index (κ2) is 11.8. The van der Waals surface area contributed by atoms with E-state index in [9.17, 15) is 19.5 Å². The standard InChI is InChI=1S/C31H31NO6/c1-4-17-38-25-16-13-23(18-20(25)3)29(34)27-28(22-9-7-6-8-10-22)32(31(36)30(27)35)24-14-11-21(12-15-24)19-26(33)37-5-2/h6-16,18,28,34H,4-5,17,19H2,1-3H3/b29-27-. The molecule has 1 aliphatic heterocycles. The Morgan fingerprint density at radius 2 is 1.68 bits per heavy atom. The van der Waals surface area contributed by atoms with E-state index < -0.39 is 17.7 Å². The van der Waals surface area contributed by atoms with E-state index in [1.807, 2.05) is 44.2 Å². The van der Waals surface area contributed by atoms with E-state index in [0.717, 1.165) is 17.5 Å². The van der Waals surface area contributed by atoms with E-state index in [-0.39, 0.29) is 23.7 Å². The monoisotopic (exact) mass is 513 g/mol. The molecule has 0 spiro atoms. The number of ketones is 1. The average Bonchev–Trinajstić information content (AvgIpc) is 3.18. The van der Waals surface area contributed by atoms with Crippen molar-refractivity contribution in [3.05, 3.63) is 101 Å². The number of aliphatic hydroxyl groups excluding tert-OH is 1. The SMILES string of the molecule is CCCOc1ccc(/C(O)=C2/C(=O)C(=O)N(c3ccc(CC(=O)OCC)cc3)C2c2ccccc2)cc1C. The number of benzene rings is 3. The highest BCUT2D eigenvalue weighted by atomic mass is 16.5. The third kappa shape index (κ3) is 5.47. The van der Waals surface area contributed by atoms with E-state index in [2.05, 4.69) is 0 Å². The van der Waals surface area contributed by atoms with Crippen molar-refractivity contribution >= 4 is 29.1 Å². The highest BCUT2D eigenvalue weighted by Gasteiger charge is 2.46. The zero-order valence-corrected chi connectivity index (χ0v) is 21.8. The third-order valence-corrected chi connectivity index (χ3v) is 6.34. The molecule has 1 saturated heterocycles. The molecule has 196 valence electrons. The average molecular weight is 514 g/mol. The van der Waals surface area contributed by atoms with Crippen molar-refractivity contribution in [3.8, 4) is 5.75 Å². The summed E-state index contributed by atoms with van der Waals surface area (Å²) >= 11 is 0. The maximum Gasteiger partial charge on any atom is 0.310 e. The second-order valence-corrected chi connectivity index (χ2v) is 9.06. The van der Waals surface area contributed by atoms with Gasteiger partial charge < -0.3 is 14.6 Å². The summed E-state index contributed by atoms with van der Waals surface area (Å²) < 4.78 is 10.8. The molecule has 3 aromatic carbocycles. The topological polar surface area (TPSA) is 93.1 Å². The number of rotatable bonds is 9. The number of esters is 1. The first-order valence-corrected chi connectivity index (χ1v) is 12.7. The molecule has 1 N–H and O–H groups in total. The van der Waals surface area contributed by atoms with Gasteiger partial charge in [0.05, 0.1) is 31.2 Å². The van der Waals surface area contributed by atoms with E-state index in [1.54, 1.807) is 49.4 Å². The Labute approximate surface area is 222 Å². The molecule has 0 radical (unpaired) electrons. The van der Waals surface area contributed by atoms with Crippen LogP contribution < -0.4 is 9.64 Å². The Morgan fingerprint density at radius 3 is 2.32 bits per heavy atom. The largest absolute Gasteiger partial charge is 0.507 e. The van der Waals surface area contributed by atoms with Gasteiger partial charge in [-0.1, -0.05) is 49.4 Å². The van der Waals surface area contributed by atoms with Crippen LogP contribution in [-0.2, 0) is 25.5 Å². The van der Waals surface area contributed by atoms with Gasteiger partial charge >= 0.3 is 5.97 Å². The lowest BCUT2D eigenvalue weighted by Gasteiger charge is -2.25. The number of carbonyl (C=O) groups excluding carboxylic acids is 3. The number of anilines is 1. The summed E-state index contributed by atoms with van der Waals surface area (Å²) in [4.78, 5) is 40.0. The first kappa shape index (κ1) is 26.7. The number of nitrogens with zero attached hydrogens (tertiary/aromatic N) is 1. The Bertz CT molecular complexity index is 1360. The van der Waals surface area contributed by atoms with Crippen LogP contribution in [0.2, 0.25) is 0 Å². The van der Waals surface area contributed by atoms with Gasteiger partial charge in [-0.05, 0) is 67.3 Å². The fourth-order valence-electron chi connectivity index (χ4n) is 4.53. The predicted octanol–water partition coefficient (Wildman–Crippen LogP) is 5.52. The van der Waals surface area contributed by atoms with Crippen LogP contribution in [0.4, 0.5) is 5.69 Å². The summed E-state index contributed by atoms with van der Waals surface area (Å²) in [5, 5.41) is 11.4. The van der Waals surface area contributed by atoms with Crippen molar-refractivity contribution < 1.29 is 29.0 Å². The minimum atomic E-state index is -0.830. The van der Waals surface area contributed by atoms with Crippen LogP contribution in [0.1, 0.15) is 48.6 Å². The van der Waals surface area contributed by atoms with Gasteiger partial charge in [0.2, 0.25) is 0 Å². The van der Waals surface area contributed by atoms with Crippen LogP contribution in [0.5, 0.6) is 5.75 Å². The van der Waals surface area contributed by atoms with Gasteiger partial charge in [-0.25, -0.2) is 0 Å². The normalized spacial score (nSPS) is 16.5. The number of aliphatic hydroxyl groups is 1. The first-order chi connectivity index (χ1) is 18.3. The molecule has 1 fully saturated rings. The number of carbonyl (C=O) groups is 3. The molecule has 4 rings (SSSR count). The van der Waals surface area contributed by atoms with Crippen LogP contribution in [0.15, 0.2) is 78.4 Å². The summed E-state index contributed by atoms with van der Waals surface area (Å²) in [5.41, 5.74) is 3.13. The van der Waals surface area contributed by atoms with Crippen LogP contribution >= 0.6 is 0 Å². The fourth-order valence-corrected chi connectivity index (χ4v) is 4.53. The predicted molar refractivity (Wildman–Crippen MR) is 145 cm³/mol. The Balaban J connectivity index is 1.76. The molecule has 0 bridgehead atoms. The van der Waals surface area contributed by atoms with Crippen molar-refractivity contribution in [2.75, 3.05) is 18.1 Å². The van der Waals surface area contributed by atoms with Crippen molar-refractivity contribution in [1.29, 1.82) is 0 Å². The summed E-state index contributed by atoms with van der Waals surface area (Å²) in [6.07, 6.45) is 0.970. The number of hydrogen-bond donors (Lipinski definition) is 1. The minimum Gasteiger partial charge on any atom is -0.507 e. The van der Waals surface area contributed by atoms with Gasteiger partial charge in [-0.2, -0.15) is 0 Å². The number of aryl methyl sites for hydroxylation is 1. The van der Waals surface area contributed by atoms with Crippen molar-refractivity contribution in [3.63, 3.8) is 0 Å². The zero-order chi connectivity index (χ0) is 27.2. The number of hydrogen-bond acceptors (Lipinski definition) is 6. The minimum absolute atomic E-state index is 0.0124. The summed E-state index contributed by atoms with van der Waals surface area (Å²) in [5.74, 6) is -1.39. The first-order valence-electron chi connectivity index (χ1n) is 12.7. The van der Waals surface area contributed by atoms with Crippen LogP contribution in [0, 0.1) is 6.92 Å². The maximum absolute atomic E-state index is 13.4. The van der Waals surface area contributed by atoms with Crippen molar-refractivity contribution in [2.24, 2.45) is 0 Å². The molecule has 38 heavy (non-hydrogen) atoms. The number of amides is 1. The molecule has 0 saturated carbocycles. The van der Waals surface area contributed by atoms with E-state index >= 15 is 0 Å². The van der Waals surface area contributed by atoms with Gasteiger partial charge in [-0.3, -0.25) is 19.3 Å². The lowest BCUT2D eigenvalue weighted by molar-refractivity contribution is -0.142. The summed E-state index contributed by atoms with van der Waals surface area (Å²) in [7, 11) is 0. The molecule has 3 aromatic rings. The van der Waals surface area contributed by atoms with Crippen molar-refractivity contribution in [2.45, 2.75) is 39.7 Å². The molecule has 0 aliphatic carbocycles. The molecule has 1 aliphatic rings. The Kier molecular flexibility index (Phi) is 8.26. The number of Topliss-reactive ketones (excluding diaryl/α,β-unsaturated/α-hetero) is 1. The van der Waals surface area contributed by atoms with Gasteiger partial charge in [0.1, 0.15) is 11.5 Å². The van der Waals surface area contributed by atoms with Gasteiger partial charge in [0.15, 0.2) is 0 Å². The highest BCUT2D eigenvalue weighted by molar-refractivity contribution is 6.51. The maximum atomic E-state index is 13.4. The molecule has 1 amide bonds. The number of ether oxygens (including phenoxy) is 2. The van der Waals surface area contributed by atoms with Crippen LogP contribution in [0.3, 0.4) is 0 Å².